The van der Waals surface area contributed by atoms with E-state index in [0.717, 1.165) is 53.9 Å². The molecule has 0 aliphatic heterocycles. The minimum Gasteiger partial charge on any atom is -0.347 e. The second-order valence-corrected chi connectivity index (χ2v) is 11.0. The summed E-state index contributed by atoms with van der Waals surface area (Å²) in [6.45, 7) is 2.19. The molecule has 2 N–H and O–H groups in total. The minimum absolute atomic E-state index is 0.0511. The largest absolute Gasteiger partial charge is 0.347 e. The number of carbonyl (C=O) groups excluding carboxylic acids is 2. The average Bonchev–Trinajstić information content (AvgIpc) is 3.29. The predicted octanol–water partition coefficient (Wildman–Crippen LogP) is 4.85. The van der Waals surface area contributed by atoms with E-state index < -0.39 is 0 Å². The summed E-state index contributed by atoms with van der Waals surface area (Å²) in [6.07, 6.45) is 7.99. The van der Waals surface area contributed by atoms with Crippen molar-refractivity contribution in [2.75, 3.05) is 6.54 Å². The smallest absolute Gasteiger partial charge is 0.240 e. The Morgan fingerprint density at radius 3 is 2.23 bits per heavy atom. The second kappa shape index (κ2) is 8.42. The highest BCUT2D eigenvalue weighted by atomic mass is 32.1. The molecule has 2 aromatic rings. The average molecular weight is 437 g/mol. The molecule has 4 saturated carbocycles. The first-order valence-corrected chi connectivity index (χ1v) is 12.6. The summed E-state index contributed by atoms with van der Waals surface area (Å²) < 4.78 is 0. The molecule has 1 aromatic carbocycles. The van der Waals surface area contributed by atoms with Gasteiger partial charge in [0.25, 0.3) is 0 Å². The maximum Gasteiger partial charge on any atom is 0.240 e. The van der Waals surface area contributed by atoms with Gasteiger partial charge in [-0.2, -0.15) is 0 Å². The van der Waals surface area contributed by atoms with Gasteiger partial charge in [0.1, 0.15) is 0 Å². The lowest BCUT2D eigenvalue weighted by atomic mass is 9.49. The van der Waals surface area contributed by atoms with Gasteiger partial charge in [-0.05, 0) is 85.3 Å². The number of thiophene rings is 1. The standard InChI is InChI=1S/C26H32N2O2S/c1-2-17-5-7-21(8-6-17)24(22-4-3-9-31-22)28-23(29)16-27-25(30)26-13-18-10-19(14-26)12-20(11-18)15-26/h3-9,18-20,24H,2,10-16H2,1H3,(H,27,30)(H,28,29)/t18?,19?,20?,24-,26?/m1/s1. The fraction of sp³-hybridized carbons (Fsp3) is 0.538. The molecule has 0 radical (unpaired) electrons. The number of nitrogens with one attached hydrogen (secondary N) is 2. The van der Waals surface area contributed by atoms with Crippen LogP contribution in [0.3, 0.4) is 0 Å². The zero-order valence-corrected chi connectivity index (χ0v) is 19.0. The number of hydrogen-bond acceptors (Lipinski definition) is 3. The zero-order valence-electron chi connectivity index (χ0n) is 18.2. The summed E-state index contributed by atoms with van der Waals surface area (Å²) in [4.78, 5) is 27.1. The van der Waals surface area contributed by atoms with E-state index in [4.69, 9.17) is 0 Å². The van der Waals surface area contributed by atoms with Crippen LogP contribution in [0, 0.1) is 23.2 Å². The van der Waals surface area contributed by atoms with E-state index in [1.165, 1.54) is 24.8 Å². The lowest BCUT2D eigenvalue weighted by molar-refractivity contribution is -0.147. The number of carbonyl (C=O) groups is 2. The van der Waals surface area contributed by atoms with Crippen molar-refractivity contribution >= 4 is 23.2 Å². The highest BCUT2D eigenvalue weighted by Crippen LogP contribution is 2.60. The van der Waals surface area contributed by atoms with Gasteiger partial charge in [-0.3, -0.25) is 9.59 Å². The highest BCUT2D eigenvalue weighted by molar-refractivity contribution is 7.10. The number of amides is 2. The fourth-order valence-electron chi connectivity index (χ4n) is 6.67. The monoisotopic (exact) mass is 436 g/mol. The van der Waals surface area contributed by atoms with Crippen LogP contribution >= 0.6 is 11.3 Å². The molecule has 4 fully saturated rings. The van der Waals surface area contributed by atoms with Crippen molar-refractivity contribution in [1.29, 1.82) is 0 Å². The first-order chi connectivity index (χ1) is 15.0. The molecule has 4 aliphatic rings. The first kappa shape index (κ1) is 20.7. The lowest BCUT2D eigenvalue weighted by Crippen LogP contribution is -2.54. The van der Waals surface area contributed by atoms with Crippen molar-refractivity contribution in [2.45, 2.75) is 57.9 Å². The number of aryl methyl sites for hydroxylation is 1. The molecule has 0 spiro atoms. The Kier molecular flexibility index (Phi) is 5.63. The maximum atomic E-state index is 13.2. The van der Waals surface area contributed by atoms with E-state index in [1.54, 1.807) is 11.3 Å². The molecule has 2 amide bonds. The van der Waals surface area contributed by atoms with Crippen molar-refractivity contribution < 1.29 is 9.59 Å². The normalized spacial score (nSPS) is 29.5. The third kappa shape index (κ3) is 4.17. The van der Waals surface area contributed by atoms with Crippen LogP contribution in [-0.4, -0.2) is 18.4 Å². The van der Waals surface area contributed by atoms with E-state index in [1.807, 2.05) is 11.4 Å². The van der Waals surface area contributed by atoms with Crippen molar-refractivity contribution in [2.24, 2.45) is 23.2 Å². The molecule has 4 aliphatic carbocycles. The molecular weight excluding hydrogens is 404 g/mol. The van der Waals surface area contributed by atoms with Crippen LogP contribution in [0.4, 0.5) is 0 Å². The third-order valence-electron chi connectivity index (χ3n) is 7.78. The maximum absolute atomic E-state index is 13.2. The van der Waals surface area contributed by atoms with Gasteiger partial charge in [-0.15, -0.1) is 11.3 Å². The van der Waals surface area contributed by atoms with Gasteiger partial charge in [0, 0.05) is 10.3 Å². The topological polar surface area (TPSA) is 58.2 Å². The van der Waals surface area contributed by atoms with Gasteiger partial charge in [0.15, 0.2) is 0 Å². The molecule has 0 saturated heterocycles. The van der Waals surface area contributed by atoms with Gasteiger partial charge in [0.2, 0.25) is 11.8 Å². The molecule has 31 heavy (non-hydrogen) atoms. The summed E-state index contributed by atoms with van der Waals surface area (Å²) in [5.74, 6) is 2.15. The lowest BCUT2D eigenvalue weighted by Gasteiger charge is -2.55. The van der Waals surface area contributed by atoms with Crippen LogP contribution in [0.25, 0.3) is 0 Å². The number of rotatable bonds is 7. The Hall–Kier alpha value is -2.14. The SMILES string of the molecule is CCc1ccc([C@@H](NC(=O)CNC(=O)C23CC4CC(CC(C4)C2)C3)c2cccs2)cc1. The van der Waals surface area contributed by atoms with Gasteiger partial charge >= 0.3 is 0 Å². The second-order valence-electron chi connectivity index (χ2n) is 9.99. The van der Waals surface area contributed by atoms with Gasteiger partial charge in [-0.1, -0.05) is 37.3 Å². The Bertz CT molecular complexity index is 900. The van der Waals surface area contributed by atoms with Crippen molar-refractivity contribution in [1.82, 2.24) is 10.6 Å². The van der Waals surface area contributed by atoms with Gasteiger partial charge in [-0.25, -0.2) is 0 Å². The molecule has 5 heteroatoms. The fourth-order valence-corrected chi connectivity index (χ4v) is 7.47. The highest BCUT2D eigenvalue weighted by Gasteiger charge is 2.54. The van der Waals surface area contributed by atoms with Crippen LogP contribution < -0.4 is 10.6 Å². The van der Waals surface area contributed by atoms with Gasteiger partial charge in [0.05, 0.1) is 12.6 Å². The molecule has 1 atom stereocenters. The molecule has 164 valence electrons. The van der Waals surface area contributed by atoms with Crippen molar-refractivity contribution in [3.63, 3.8) is 0 Å². The van der Waals surface area contributed by atoms with Crippen molar-refractivity contribution in [3.05, 3.63) is 57.8 Å². The minimum atomic E-state index is -0.210. The Balaban J connectivity index is 1.23. The number of benzene rings is 1. The Morgan fingerprint density at radius 1 is 1.03 bits per heavy atom. The van der Waals surface area contributed by atoms with Crippen molar-refractivity contribution in [3.8, 4) is 0 Å². The van der Waals surface area contributed by atoms with Gasteiger partial charge < -0.3 is 10.6 Å². The molecule has 1 aromatic heterocycles. The molecule has 4 nitrogen and oxygen atoms in total. The van der Waals surface area contributed by atoms with E-state index in [9.17, 15) is 9.59 Å². The van der Waals surface area contributed by atoms with Crippen LogP contribution in [-0.2, 0) is 16.0 Å². The summed E-state index contributed by atoms with van der Waals surface area (Å²) in [5, 5.41) is 8.20. The Morgan fingerprint density at radius 2 is 1.68 bits per heavy atom. The summed E-state index contributed by atoms with van der Waals surface area (Å²) in [6, 6.07) is 12.3. The van der Waals surface area contributed by atoms with Crippen LogP contribution in [0.15, 0.2) is 41.8 Å². The quantitative estimate of drug-likeness (QED) is 0.652. The molecule has 4 bridgehead atoms. The van der Waals surface area contributed by atoms with E-state index in [2.05, 4.69) is 47.9 Å². The molecule has 6 rings (SSSR count). The number of hydrogen-bond donors (Lipinski definition) is 2. The molecular formula is C26H32N2O2S. The predicted molar refractivity (Wildman–Crippen MR) is 124 cm³/mol. The van der Waals surface area contributed by atoms with Crippen LogP contribution in [0.2, 0.25) is 0 Å². The van der Waals surface area contributed by atoms with E-state index in [0.29, 0.717) is 0 Å². The molecule has 0 unspecified atom stereocenters. The molecule has 1 heterocycles. The summed E-state index contributed by atoms with van der Waals surface area (Å²) in [5.41, 5.74) is 2.14. The summed E-state index contributed by atoms with van der Waals surface area (Å²) >= 11 is 1.64. The zero-order chi connectivity index (χ0) is 21.4. The first-order valence-electron chi connectivity index (χ1n) is 11.7. The van der Waals surface area contributed by atoms with Crippen LogP contribution in [0.1, 0.15) is 67.5 Å². The Labute approximate surface area is 188 Å². The summed E-state index contributed by atoms with van der Waals surface area (Å²) in [7, 11) is 0. The van der Waals surface area contributed by atoms with Crippen LogP contribution in [0.5, 0.6) is 0 Å². The van der Waals surface area contributed by atoms with E-state index in [-0.39, 0.29) is 29.8 Å². The third-order valence-corrected chi connectivity index (χ3v) is 8.72. The van der Waals surface area contributed by atoms with E-state index >= 15 is 0 Å².